The second kappa shape index (κ2) is 6.99. The van der Waals surface area contributed by atoms with Crippen LogP contribution < -0.4 is 4.74 Å². The molecule has 2 aromatic heterocycles. The second-order valence-electron chi connectivity index (χ2n) is 5.69. The Labute approximate surface area is 152 Å². The van der Waals surface area contributed by atoms with Gasteiger partial charge in [-0.05, 0) is 19.1 Å². The Balaban J connectivity index is 1.58. The van der Waals surface area contributed by atoms with Crippen molar-refractivity contribution in [1.82, 2.24) is 15.4 Å². The van der Waals surface area contributed by atoms with Crippen molar-refractivity contribution in [2.75, 3.05) is 0 Å². The van der Waals surface area contributed by atoms with Gasteiger partial charge in [0, 0.05) is 11.6 Å². The van der Waals surface area contributed by atoms with Crippen LogP contribution in [-0.4, -0.2) is 15.4 Å². The van der Waals surface area contributed by atoms with E-state index in [-0.39, 0.29) is 24.1 Å². The lowest BCUT2D eigenvalue weighted by Crippen LogP contribution is -1.98. The molecule has 136 valence electrons. The molecular formula is C19H13F2N3O3. The summed E-state index contributed by atoms with van der Waals surface area (Å²) in [6, 6.07) is 12.5. The van der Waals surface area contributed by atoms with Gasteiger partial charge < -0.3 is 13.7 Å². The highest BCUT2D eigenvalue weighted by Gasteiger charge is 2.22. The minimum absolute atomic E-state index is 0.109. The number of ether oxygens (including phenoxy) is 1. The number of nitrogens with zero attached hydrogens (tertiary/aromatic N) is 3. The molecule has 0 bridgehead atoms. The van der Waals surface area contributed by atoms with Crippen LogP contribution in [0.15, 0.2) is 57.5 Å². The van der Waals surface area contributed by atoms with E-state index < -0.39 is 11.6 Å². The van der Waals surface area contributed by atoms with Crippen LogP contribution >= 0.6 is 0 Å². The molecule has 0 aliphatic heterocycles. The Bertz CT molecular complexity index is 1080. The van der Waals surface area contributed by atoms with E-state index in [9.17, 15) is 8.78 Å². The standard InChI is InChI=1S/C19H13F2N3O3/c1-11-17(18(24-27-11)12-5-3-2-4-6-12)19-23-22-16(26-19)10-25-15-8-7-13(20)9-14(15)21/h2-9H,10H2,1H3. The lowest BCUT2D eigenvalue weighted by molar-refractivity contribution is 0.252. The summed E-state index contributed by atoms with van der Waals surface area (Å²) >= 11 is 0. The van der Waals surface area contributed by atoms with Gasteiger partial charge >= 0.3 is 0 Å². The van der Waals surface area contributed by atoms with Crippen molar-refractivity contribution in [3.8, 4) is 28.5 Å². The molecule has 0 aliphatic carbocycles. The lowest BCUT2D eigenvalue weighted by Gasteiger charge is -2.04. The maximum absolute atomic E-state index is 13.6. The van der Waals surface area contributed by atoms with Gasteiger partial charge in [-0.2, -0.15) is 0 Å². The summed E-state index contributed by atoms with van der Waals surface area (Å²) < 4.78 is 42.7. The quantitative estimate of drug-likeness (QED) is 0.513. The lowest BCUT2D eigenvalue weighted by atomic mass is 10.1. The van der Waals surface area contributed by atoms with E-state index in [2.05, 4.69) is 15.4 Å². The summed E-state index contributed by atoms with van der Waals surface area (Å²) in [5.41, 5.74) is 2.00. The molecule has 0 aliphatic rings. The normalized spacial score (nSPS) is 10.9. The Morgan fingerprint density at radius 2 is 1.85 bits per heavy atom. The zero-order valence-corrected chi connectivity index (χ0v) is 14.1. The molecule has 2 aromatic carbocycles. The Kier molecular flexibility index (Phi) is 4.37. The second-order valence-corrected chi connectivity index (χ2v) is 5.69. The van der Waals surface area contributed by atoms with Crippen molar-refractivity contribution in [1.29, 1.82) is 0 Å². The minimum Gasteiger partial charge on any atom is -0.481 e. The van der Waals surface area contributed by atoms with Crippen LogP contribution in [0.1, 0.15) is 11.7 Å². The number of hydrogen-bond acceptors (Lipinski definition) is 6. The molecule has 0 saturated carbocycles. The summed E-state index contributed by atoms with van der Waals surface area (Å²) in [5.74, 6) is -0.733. The van der Waals surface area contributed by atoms with Gasteiger partial charge in [0.2, 0.25) is 0 Å². The van der Waals surface area contributed by atoms with Gasteiger partial charge in [-0.25, -0.2) is 8.78 Å². The summed E-state index contributed by atoms with van der Waals surface area (Å²) in [5, 5.41) is 12.0. The summed E-state index contributed by atoms with van der Waals surface area (Å²) in [7, 11) is 0. The number of benzene rings is 2. The topological polar surface area (TPSA) is 74.2 Å². The maximum Gasteiger partial charge on any atom is 0.254 e. The smallest absolute Gasteiger partial charge is 0.254 e. The van der Waals surface area contributed by atoms with E-state index >= 15 is 0 Å². The van der Waals surface area contributed by atoms with Crippen LogP contribution in [0, 0.1) is 18.6 Å². The van der Waals surface area contributed by atoms with E-state index in [0.717, 1.165) is 17.7 Å². The Morgan fingerprint density at radius 3 is 2.63 bits per heavy atom. The van der Waals surface area contributed by atoms with E-state index in [4.69, 9.17) is 13.7 Å². The van der Waals surface area contributed by atoms with Crippen molar-refractivity contribution in [3.63, 3.8) is 0 Å². The third-order valence-electron chi connectivity index (χ3n) is 3.84. The number of aromatic nitrogens is 3. The molecule has 0 radical (unpaired) electrons. The minimum atomic E-state index is -0.809. The fourth-order valence-corrected chi connectivity index (χ4v) is 2.56. The molecule has 0 fully saturated rings. The van der Waals surface area contributed by atoms with Gasteiger partial charge in [0.25, 0.3) is 11.8 Å². The van der Waals surface area contributed by atoms with Crippen LogP contribution in [0.25, 0.3) is 22.7 Å². The maximum atomic E-state index is 13.6. The molecule has 27 heavy (non-hydrogen) atoms. The van der Waals surface area contributed by atoms with Gasteiger partial charge in [0.05, 0.1) is 0 Å². The average Bonchev–Trinajstić information content (AvgIpc) is 3.28. The number of aryl methyl sites for hydroxylation is 1. The SMILES string of the molecule is Cc1onc(-c2ccccc2)c1-c1nnc(COc2ccc(F)cc2F)o1. The highest BCUT2D eigenvalue weighted by molar-refractivity contribution is 5.77. The molecular weight excluding hydrogens is 356 g/mol. The Hall–Kier alpha value is -3.55. The zero-order chi connectivity index (χ0) is 18.8. The first-order valence-corrected chi connectivity index (χ1v) is 8.04. The molecule has 0 atom stereocenters. The molecule has 0 unspecified atom stereocenters. The summed E-state index contributed by atoms with van der Waals surface area (Å²) in [6.07, 6.45) is 0. The van der Waals surface area contributed by atoms with Crippen molar-refractivity contribution in [2.45, 2.75) is 13.5 Å². The predicted molar refractivity (Wildman–Crippen MR) is 90.7 cm³/mol. The first-order valence-electron chi connectivity index (χ1n) is 8.04. The predicted octanol–water partition coefficient (Wildman–Crippen LogP) is 4.56. The number of rotatable bonds is 5. The molecule has 2 heterocycles. The van der Waals surface area contributed by atoms with Crippen LogP contribution in [0.5, 0.6) is 5.75 Å². The van der Waals surface area contributed by atoms with Crippen molar-refractivity contribution >= 4 is 0 Å². The molecule has 0 N–H and O–H groups in total. The van der Waals surface area contributed by atoms with E-state index in [1.807, 2.05) is 30.3 Å². The molecule has 4 aromatic rings. The first kappa shape index (κ1) is 16.9. The highest BCUT2D eigenvalue weighted by Crippen LogP contribution is 2.33. The van der Waals surface area contributed by atoms with Gasteiger partial charge in [-0.1, -0.05) is 35.5 Å². The molecule has 8 heteroatoms. The third-order valence-corrected chi connectivity index (χ3v) is 3.84. The zero-order valence-electron chi connectivity index (χ0n) is 14.1. The van der Waals surface area contributed by atoms with E-state index in [0.29, 0.717) is 17.0 Å². The fraction of sp³-hybridized carbons (Fsp3) is 0.105. The first-order chi connectivity index (χ1) is 13.1. The van der Waals surface area contributed by atoms with Gasteiger partial charge in [-0.3, -0.25) is 0 Å². The average molecular weight is 369 g/mol. The molecule has 0 amide bonds. The molecule has 6 nitrogen and oxygen atoms in total. The van der Waals surface area contributed by atoms with Crippen LogP contribution in [0.2, 0.25) is 0 Å². The van der Waals surface area contributed by atoms with Crippen LogP contribution in [0.3, 0.4) is 0 Å². The van der Waals surface area contributed by atoms with Crippen molar-refractivity contribution in [3.05, 3.63) is 71.8 Å². The van der Waals surface area contributed by atoms with Gasteiger partial charge in [-0.15, -0.1) is 10.2 Å². The van der Waals surface area contributed by atoms with Gasteiger partial charge in [0.1, 0.15) is 22.8 Å². The summed E-state index contributed by atoms with van der Waals surface area (Å²) in [4.78, 5) is 0. The van der Waals surface area contributed by atoms with Gasteiger partial charge in [0.15, 0.2) is 18.2 Å². The van der Waals surface area contributed by atoms with E-state index in [1.165, 1.54) is 6.07 Å². The van der Waals surface area contributed by atoms with Crippen LogP contribution in [0.4, 0.5) is 8.78 Å². The largest absolute Gasteiger partial charge is 0.481 e. The molecule has 0 saturated heterocycles. The van der Waals surface area contributed by atoms with Crippen molar-refractivity contribution in [2.24, 2.45) is 0 Å². The van der Waals surface area contributed by atoms with Crippen LogP contribution in [-0.2, 0) is 6.61 Å². The van der Waals surface area contributed by atoms with E-state index in [1.54, 1.807) is 6.92 Å². The highest BCUT2D eigenvalue weighted by atomic mass is 19.1. The monoisotopic (exact) mass is 369 g/mol. The van der Waals surface area contributed by atoms with Crippen molar-refractivity contribution < 1.29 is 22.5 Å². The summed E-state index contributed by atoms with van der Waals surface area (Å²) in [6.45, 7) is 1.57. The molecule has 4 rings (SSSR count). The Morgan fingerprint density at radius 1 is 1.04 bits per heavy atom. The third kappa shape index (κ3) is 3.41. The number of halogens is 2. The molecule has 0 spiro atoms. The fourth-order valence-electron chi connectivity index (χ4n) is 2.56. The number of hydrogen-bond donors (Lipinski definition) is 0.